The Labute approximate surface area is 152 Å². The zero-order valence-electron chi connectivity index (χ0n) is 13.9. The third-order valence-electron chi connectivity index (χ3n) is 3.63. The first kappa shape index (κ1) is 17.0. The van der Waals surface area contributed by atoms with Gasteiger partial charge in [0, 0.05) is 33.4 Å². The quantitative estimate of drug-likeness (QED) is 0.522. The molecule has 0 aliphatic heterocycles. The van der Waals surface area contributed by atoms with E-state index in [9.17, 15) is 9.59 Å². The Morgan fingerprint density at radius 3 is 1.27 bits per heavy atom. The van der Waals surface area contributed by atoms with Crippen LogP contribution < -0.4 is 0 Å². The fourth-order valence-corrected chi connectivity index (χ4v) is 2.31. The molecule has 0 aromatic heterocycles. The van der Waals surface area contributed by atoms with E-state index in [1.807, 2.05) is 48.5 Å². The van der Waals surface area contributed by atoms with E-state index in [0.717, 1.165) is 34.8 Å². The molecule has 2 heteroatoms. The summed E-state index contributed by atoms with van der Waals surface area (Å²) < 4.78 is 0. The molecule has 3 aromatic carbocycles. The standard InChI is InChI=1S/C24H14O2/c25-17-23-5-1-3-21(15-23)13-11-19-7-9-20(10-8-19)12-14-22-4-2-6-24(16-22)18-26/h1-10,15-18H. The van der Waals surface area contributed by atoms with E-state index < -0.39 is 0 Å². The molecular formula is C24H14O2. The number of carbonyl (C=O) groups excluding carboxylic acids is 2. The molecule has 0 heterocycles. The van der Waals surface area contributed by atoms with E-state index in [1.54, 1.807) is 24.3 Å². The fourth-order valence-electron chi connectivity index (χ4n) is 2.31. The number of hydrogen-bond acceptors (Lipinski definition) is 2. The van der Waals surface area contributed by atoms with Gasteiger partial charge in [0.15, 0.2) is 0 Å². The van der Waals surface area contributed by atoms with Gasteiger partial charge in [-0.2, -0.15) is 0 Å². The zero-order valence-corrected chi connectivity index (χ0v) is 13.9. The predicted molar refractivity (Wildman–Crippen MR) is 102 cm³/mol. The molecule has 0 saturated carbocycles. The fraction of sp³-hybridized carbons (Fsp3) is 0. The van der Waals surface area contributed by atoms with Crippen molar-refractivity contribution in [2.24, 2.45) is 0 Å². The van der Waals surface area contributed by atoms with Crippen molar-refractivity contribution in [2.75, 3.05) is 0 Å². The number of benzene rings is 3. The first-order valence-electron chi connectivity index (χ1n) is 8.01. The topological polar surface area (TPSA) is 34.1 Å². The molecule has 0 spiro atoms. The Morgan fingerprint density at radius 1 is 0.500 bits per heavy atom. The van der Waals surface area contributed by atoms with E-state index in [-0.39, 0.29) is 0 Å². The van der Waals surface area contributed by atoms with Gasteiger partial charge >= 0.3 is 0 Å². The molecule has 0 atom stereocenters. The summed E-state index contributed by atoms with van der Waals surface area (Å²) in [6.45, 7) is 0. The smallest absolute Gasteiger partial charge is 0.150 e. The second-order valence-corrected chi connectivity index (χ2v) is 5.56. The summed E-state index contributed by atoms with van der Waals surface area (Å²) in [5.74, 6) is 12.2. The molecule has 3 aromatic rings. The summed E-state index contributed by atoms with van der Waals surface area (Å²) >= 11 is 0. The highest BCUT2D eigenvalue weighted by Crippen LogP contribution is 2.06. The molecule has 0 N–H and O–H groups in total. The van der Waals surface area contributed by atoms with Crippen LogP contribution in [-0.4, -0.2) is 12.6 Å². The van der Waals surface area contributed by atoms with Gasteiger partial charge in [-0.1, -0.05) is 47.9 Å². The average molecular weight is 334 g/mol. The van der Waals surface area contributed by atoms with E-state index in [4.69, 9.17) is 0 Å². The van der Waals surface area contributed by atoms with E-state index in [2.05, 4.69) is 23.7 Å². The van der Waals surface area contributed by atoms with Gasteiger partial charge in [-0.05, 0) is 48.5 Å². The van der Waals surface area contributed by atoms with Crippen molar-refractivity contribution in [1.29, 1.82) is 0 Å². The van der Waals surface area contributed by atoms with Gasteiger partial charge in [-0.3, -0.25) is 9.59 Å². The lowest BCUT2D eigenvalue weighted by atomic mass is 10.1. The highest BCUT2D eigenvalue weighted by Gasteiger charge is 1.93. The molecular weight excluding hydrogens is 320 g/mol. The van der Waals surface area contributed by atoms with Crippen LogP contribution in [0.5, 0.6) is 0 Å². The van der Waals surface area contributed by atoms with Gasteiger partial charge in [0.1, 0.15) is 12.6 Å². The molecule has 0 amide bonds. The number of rotatable bonds is 2. The lowest BCUT2D eigenvalue weighted by molar-refractivity contribution is 0.111. The largest absolute Gasteiger partial charge is 0.298 e. The third-order valence-corrected chi connectivity index (χ3v) is 3.63. The van der Waals surface area contributed by atoms with Crippen LogP contribution in [0.4, 0.5) is 0 Å². The molecule has 0 bridgehead atoms. The van der Waals surface area contributed by atoms with E-state index in [1.165, 1.54) is 0 Å². The van der Waals surface area contributed by atoms with Crippen LogP contribution in [0.3, 0.4) is 0 Å². The predicted octanol–water partition coefficient (Wildman–Crippen LogP) is 4.11. The van der Waals surface area contributed by atoms with Gasteiger partial charge in [-0.15, -0.1) is 0 Å². The van der Waals surface area contributed by atoms with Crippen LogP contribution in [0.1, 0.15) is 43.0 Å². The SMILES string of the molecule is O=Cc1cccc(C#Cc2ccc(C#Cc3cccc(C=O)c3)cc2)c1. The second kappa shape index (κ2) is 8.29. The van der Waals surface area contributed by atoms with Gasteiger partial charge in [0.25, 0.3) is 0 Å². The number of carbonyl (C=O) groups is 2. The summed E-state index contributed by atoms with van der Waals surface area (Å²) in [4.78, 5) is 21.6. The zero-order chi connectivity index (χ0) is 18.2. The van der Waals surface area contributed by atoms with Gasteiger partial charge in [-0.25, -0.2) is 0 Å². The Balaban J connectivity index is 1.75. The normalized spacial score (nSPS) is 9.23. The summed E-state index contributed by atoms with van der Waals surface area (Å²) in [6.07, 6.45) is 1.62. The minimum Gasteiger partial charge on any atom is -0.298 e. The van der Waals surface area contributed by atoms with Crippen LogP contribution in [0.2, 0.25) is 0 Å². The van der Waals surface area contributed by atoms with Crippen LogP contribution >= 0.6 is 0 Å². The lowest BCUT2D eigenvalue weighted by Gasteiger charge is -1.94. The molecule has 0 fully saturated rings. The minimum atomic E-state index is 0.612. The Bertz CT molecular complexity index is 980. The summed E-state index contributed by atoms with van der Waals surface area (Å²) in [6, 6.07) is 22.0. The summed E-state index contributed by atoms with van der Waals surface area (Å²) in [5.41, 5.74) is 4.56. The van der Waals surface area contributed by atoms with Crippen molar-refractivity contribution in [3.8, 4) is 23.7 Å². The van der Waals surface area contributed by atoms with Crippen LogP contribution in [0, 0.1) is 23.7 Å². The average Bonchev–Trinajstić information content (AvgIpc) is 2.72. The third kappa shape index (κ3) is 4.57. The molecule has 0 saturated heterocycles. The maximum Gasteiger partial charge on any atom is 0.150 e. The van der Waals surface area contributed by atoms with Crippen molar-refractivity contribution in [3.05, 3.63) is 106 Å². The van der Waals surface area contributed by atoms with Gasteiger partial charge in [0.2, 0.25) is 0 Å². The molecule has 0 unspecified atom stereocenters. The first-order chi connectivity index (χ1) is 12.8. The maximum absolute atomic E-state index is 10.8. The lowest BCUT2D eigenvalue weighted by Crippen LogP contribution is -1.82. The second-order valence-electron chi connectivity index (χ2n) is 5.56. The van der Waals surface area contributed by atoms with Crippen LogP contribution in [0.15, 0.2) is 72.8 Å². The van der Waals surface area contributed by atoms with Crippen molar-refractivity contribution in [1.82, 2.24) is 0 Å². The summed E-state index contributed by atoms with van der Waals surface area (Å²) in [7, 11) is 0. The molecule has 26 heavy (non-hydrogen) atoms. The number of hydrogen-bond donors (Lipinski definition) is 0. The highest BCUT2D eigenvalue weighted by molar-refractivity contribution is 5.76. The molecule has 0 radical (unpaired) electrons. The van der Waals surface area contributed by atoms with E-state index in [0.29, 0.717) is 11.1 Å². The van der Waals surface area contributed by atoms with Crippen molar-refractivity contribution in [2.45, 2.75) is 0 Å². The Kier molecular flexibility index (Phi) is 5.41. The molecule has 122 valence electrons. The van der Waals surface area contributed by atoms with Crippen molar-refractivity contribution >= 4 is 12.6 Å². The van der Waals surface area contributed by atoms with Gasteiger partial charge < -0.3 is 0 Å². The Hall–Kier alpha value is -3.88. The molecule has 0 aliphatic rings. The maximum atomic E-state index is 10.8. The molecule has 2 nitrogen and oxygen atoms in total. The summed E-state index contributed by atoms with van der Waals surface area (Å²) in [5, 5.41) is 0. The van der Waals surface area contributed by atoms with E-state index >= 15 is 0 Å². The molecule has 3 rings (SSSR count). The van der Waals surface area contributed by atoms with Gasteiger partial charge in [0.05, 0.1) is 0 Å². The minimum absolute atomic E-state index is 0.612. The molecule has 0 aliphatic carbocycles. The first-order valence-corrected chi connectivity index (χ1v) is 8.01. The highest BCUT2D eigenvalue weighted by atomic mass is 16.1. The van der Waals surface area contributed by atoms with Crippen molar-refractivity contribution < 1.29 is 9.59 Å². The Morgan fingerprint density at radius 2 is 0.885 bits per heavy atom. The van der Waals surface area contributed by atoms with Crippen LogP contribution in [-0.2, 0) is 0 Å². The monoisotopic (exact) mass is 334 g/mol. The van der Waals surface area contributed by atoms with Crippen molar-refractivity contribution in [3.63, 3.8) is 0 Å². The number of aldehydes is 2. The van der Waals surface area contributed by atoms with Crippen LogP contribution in [0.25, 0.3) is 0 Å².